The molecule has 0 atom stereocenters. The van der Waals surface area contributed by atoms with Crippen LogP contribution in [0.25, 0.3) is 0 Å². The van der Waals surface area contributed by atoms with Gasteiger partial charge in [0.25, 0.3) is 0 Å². The van der Waals surface area contributed by atoms with Crippen LogP contribution in [0.3, 0.4) is 0 Å². The Hall–Kier alpha value is -1.29. The van der Waals surface area contributed by atoms with Crippen molar-refractivity contribution in [2.45, 2.75) is 26.2 Å². The summed E-state index contributed by atoms with van der Waals surface area (Å²) in [7, 11) is 0. The molecule has 1 N–H and O–H groups in total. The summed E-state index contributed by atoms with van der Waals surface area (Å²) in [5, 5.41) is 0. The van der Waals surface area contributed by atoms with E-state index in [9.17, 15) is 4.79 Å². The first-order valence-corrected chi connectivity index (χ1v) is 6.31. The number of aromatic amines is 1. The maximum atomic E-state index is 11.6. The lowest BCUT2D eigenvalue weighted by atomic mass is 10.1. The number of likely N-dealkylation sites (tertiary alicyclic amines) is 1. The average Bonchev–Trinajstić information content (AvgIpc) is 2.34. The Morgan fingerprint density at radius 2 is 2.12 bits per heavy atom. The zero-order chi connectivity index (χ0) is 12.1. The van der Waals surface area contributed by atoms with Gasteiger partial charge in [-0.15, -0.1) is 0 Å². The Labute approximate surface area is 102 Å². The van der Waals surface area contributed by atoms with Gasteiger partial charge in [-0.2, -0.15) is 0 Å². The number of pyridine rings is 1. The van der Waals surface area contributed by atoms with Gasteiger partial charge in [0.1, 0.15) is 6.61 Å². The van der Waals surface area contributed by atoms with Crippen molar-refractivity contribution in [3.63, 3.8) is 0 Å². The van der Waals surface area contributed by atoms with Gasteiger partial charge in [-0.05, 0) is 32.9 Å². The summed E-state index contributed by atoms with van der Waals surface area (Å²) in [6, 6.07) is 1.50. The number of nitrogens with zero attached hydrogens (tertiary/aromatic N) is 1. The van der Waals surface area contributed by atoms with Crippen molar-refractivity contribution >= 4 is 0 Å². The molecule has 0 amide bonds. The molecule has 0 spiro atoms. The predicted octanol–water partition coefficient (Wildman–Crippen LogP) is 1.55. The van der Waals surface area contributed by atoms with Gasteiger partial charge in [-0.1, -0.05) is 6.42 Å². The third kappa shape index (κ3) is 3.33. The second kappa shape index (κ2) is 5.87. The minimum atomic E-state index is -0.0418. The Bertz CT molecular complexity index is 408. The van der Waals surface area contributed by atoms with E-state index >= 15 is 0 Å². The van der Waals surface area contributed by atoms with Gasteiger partial charge in [-0.3, -0.25) is 9.69 Å². The highest BCUT2D eigenvalue weighted by molar-refractivity contribution is 5.25. The summed E-state index contributed by atoms with van der Waals surface area (Å²) in [4.78, 5) is 17.0. The molecule has 1 saturated heterocycles. The third-order valence-electron chi connectivity index (χ3n) is 3.20. The van der Waals surface area contributed by atoms with E-state index < -0.39 is 0 Å². The summed E-state index contributed by atoms with van der Waals surface area (Å²) >= 11 is 0. The van der Waals surface area contributed by atoms with Crippen LogP contribution in [0.2, 0.25) is 0 Å². The minimum absolute atomic E-state index is 0.0418. The third-order valence-corrected chi connectivity index (χ3v) is 3.20. The molecular formula is C13H20N2O2. The predicted molar refractivity (Wildman–Crippen MR) is 67.6 cm³/mol. The molecule has 0 saturated carbocycles. The van der Waals surface area contributed by atoms with Crippen molar-refractivity contribution in [3.8, 4) is 5.75 Å². The SMILES string of the molecule is Cc1[nH]ccc(=O)c1OCCN1CCCCC1. The normalized spacial score (nSPS) is 17.0. The lowest BCUT2D eigenvalue weighted by Gasteiger charge is -2.26. The molecule has 2 heterocycles. The van der Waals surface area contributed by atoms with Gasteiger partial charge in [0.15, 0.2) is 5.75 Å². The Balaban J connectivity index is 1.83. The first-order valence-electron chi connectivity index (χ1n) is 6.31. The number of hydrogen-bond donors (Lipinski definition) is 1. The molecule has 1 aliphatic rings. The fourth-order valence-electron chi connectivity index (χ4n) is 2.21. The van der Waals surface area contributed by atoms with E-state index in [1.807, 2.05) is 6.92 Å². The number of ether oxygens (including phenoxy) is 1. The molecule has 1 aromatic heterocycles. The minimum Gasteiger partial charge on any atom is -0.486 e. The number of aryl methyl sites for hydroxylation is 1. The molecule has 4 nitrogen and oxygen atoms in total. The Morgan fingerprint density at radius 3 is 2.82 bits per heavy atom. The van der Waals surface area contributed by atoms with Crippen molar-refractivity contribution in [1.82, 2.24) is 9.88 Å². The molecule has 2 rings (SSSR count). The summed E-state index contributed by atoms with van der Waals surface area (Å²) < 4.78 is 5.58. The molecule has 4 heteroatoms. The smallest absolute Gasteiger partial charge is 0.223 e. The van der Waals surface area contributed by atoms with Gasteiger partial charge in [-0.25, -0.2) is 0 Å². The maximum absolute atomic E-state index is 11.6. The van der Waals surface area contributed by atoms with Crippen molar-refractivity contribution in [2.24, 2.45) is 0 Å². The number of hydrogen-bond acceptors (Lipinski definition) is 3. The summed E-state index contributed by atoms with van der Waals surface area (Å²) in [5.41, 5.74) is 0.760. The summed E-state index contributed by atoms with van der Waals surface area (Å²) in [5.74, 6) is 0.463. The zero-order valence-corrected chi connectivity index (χ0v) is 10.4. The molecule has 0 aliphatic carbocycles. The zero-order valence-electron chi connectivity index (χ0n) is 10.4. The fourth-order valence-corrected chi connectivity index (χ4v) is 2.21. The highest BCUT2D eigenvalue weighted by Crippen LogP contribution is 2.10. The standard InChI is InChI=1S/C13H20N2O2/c1-11-13(12(16)5-6-14-11)17-10-9-15-7-3-2-4-8-15/h5-6H,2-4,7-10H2,1H3,(H,14,16). The first kappa shape index (κ1) is 12.2. The van der Waals surface area contributed by atoms with E-state index in [1.54, 1.807) is 6.20 Å². The molecule has 1 aromatic rings. The van der Waals surface area contributed by atoms with E-state index in [4.69, 9.17) is 4.74 Å². The van der Waals surface area contributed by atoms with E-state index in [1.165, 1.54) is 25.3 Å². The van der Waals surface area contributed by atoms with E-state index in [0.29, 0.717) is 12.4 Å². The molecular weight excluding hydrogens is 216 g/mol. The average molecular weight is 236 g/mol. The highest BCUT2D eigenvalue weighted by Gasteiger charge is 2.10. The molecule has 0 bridgehead atoms. The van der Waals surface area contributed by atoms with Crippen LogP contribution in [0.5, 0.6) is 5.75 Å². The van der Waals surface area contributed by atoms with E-state index in [2.05, 4.69) is 9.88 Å². The van der Waals surface area contributed by atoms with Crippen molar-refractivity contribution < 1.29 is 4.74 Å². The molecule has 0 unspecified atom stereocenters. The first-order chi connectivity index (χ1) is 8.27. The highest BCUT2D eigenvalue weighted by atomic mass is 16.5. The number of rotatable bonds is 4. The van der Waals surface area contributed by atoms with Crippen LogP contribution in [0.1, 0.15) is 25.0 Å². The number of H-pyrrole nitrogens is 1. The van der Waals surface area contributed by atoms with Gasteiger partial charge in [0.2, 0.25) is 5.43 Å². The van der Waals surface area contributed by atoms with E-state index in [-0.39, 0.29) is 5.43 Å². The van der Waals surface area contributed by atoms with Crippen molar-refractivity contribution in [1.29, 1.82) is 0 Å². The number of nitrogens with one attached hydrogen (secondary N) is 1. The Morgan fingerprint density at radius 1 is 1.35 bits per heavy atom. The lowest BCUT2D eigenvalue weighted by Crippen LogP contribution is -2.33. The number of aromatic nitrogens is 1. The van der Waals surface area contributed by atoms with Crippen LogP contribution in [0, 0.1) is 6.92 Å². The lowest BCUT2D eigenvalue weighted by molar-refractivity contribution is 0.182. The quantitative estimate of drug-likeness (QED) is 0.862. The van der Waals surface area contributed by atoms with Gasteiger partial charge in [0.05, 0.1) is 5.69 Å². The Kier molecular flexibility index (Phi) is 4.20. The van der Waals surface area contributed by atoms with Gasteiger partial charge >= 0.3 is 0 Å². The van der Waals surface area contributed by atoms with Crippen molar-refractivity contribution in [3.05, 3.63) is 28.2 Å². The molecule has 0 radical (unpaired) electrons. The van der Waals surface area contributed by atoms with E-state index in [0.717, 1.165) is 25.3 Å². The fraction of sp³-hybridized carbons (Fsp3) is 0.615. The largest absolute Gasteiger partial charge is 0.486 e. The van der Waals surface area contributed by atoms with Crippen LogP contribution in [0.4, 0.5) is 0 Å². The molecule has 1 fully saturated rings. The van der Waals surface area contributed by atoms with Crippen LogP contribution < -0.4 is 10.2 Å². The summed E-state index contributed by atoms with van der Waals surface area (Å²) in [6.45, 7) is 5.68. The molecule has 17 heavy (non-hydrogen) atoms. The summed E-state index contributed by atoms with van der Waals surface area (Å²) in [6.07, 6.45) is 5.56. The number of piperidine rings is 1. The van der Waals surface area contributed by atoms with Crippen LogP contribution >= 0.6 is 0 Å². The molecule has 94 valence electrons. The second-order valence-corrected chi connectivity index (χ2v) is 4.55. The molecule has 1 aliphatic heterocycles. The van der Waals surface area contributed by atoms with Crippen LogP contribution in [0.15, 0.2) is 17.1 Å². The van der Waals surface area contributed by atoms with Gasteiger partial charge < -0.3 is 9.72 Å². The van der Waals surface area contributed by atoms with Gasteiger partial charge in [0, 0.05) is 18.8 Å². The maximum Gasteiger partial charge on any atom is 0.223 e. The van der Waals surface area contributed by atoms with Crippen molar-refractivity contribution in [2.75, 3.05) is 26.2 Å². The second-order valence-electron chi connectivity index (χ2n) is 4.55. The van der Waals surface area contributed by atoms with Crippen LogP contribution in [-0.4, -0.2) is 36.1 Å². The topological polar surface area (TPSA) is 45.3 Å². The monoisotopic (exact) mass is 236 g/mol. The molecule has 0 aromatic carbocycles. The van der Waals surface area contributed by atoms with Crippen LogP contribution in [-0.2, 0) is 0 Å².